The van der Waals surface area contributed by atoms with Gasteiger partial charge in [0.2, 0.25) is 0 Å². The largest absolute Gasteiger partial charge is 0.493 e. The number of hydrogen-bond acceptors (Lipinski definition) is 4. The van der Waals surface area contributed by atoms with Crippen LogP contribution in [0.15, 0.2) is 31.9 Å². The quantitative estimate of drug-likeness (QED) is 0.803. The molecule has 6 heteroatoms. The minimum atomic E-state index is -0.649. The van der Waals surface area contributed by atoms with Crippen LogP contribution in [0.1, 0.15) is 43.0 Å². The SMILES string of the molecule is COc1cc(Br)cc2cc(C(=O)NC3CCCCC3C)c(=O)oc12. The van der Waals surface area contributed by atoms with E-state index in [9.17, 15) is 9.59 Å². The number of benzene rings is 1. The average molecular weight is 394 g/mol. The van der Waals surface area contributed by atoms with Crippen molar-refractivity contribution >= 4 is 32.8 Å². The molecule has 1 amide bonds. The molecule has 2 atom stereocenters. The van der Waals surface area contributed by atoms with Crippen molar-refractivity contribution in [3.05, 3.63) is 38.7 Å². The second kappa shape index (κ2) is 6.97. The summed E-state index contributed by atoms with van der Waals surface area (Å²) in [5.41, 5.74) is -0.280. The van der Waals surface area contributed by atoms with Gasteiger partial charge in [0, 0.05) is 15.9 Å². The van der Waals surface area contributed by atoms with Gasteiger partial charge in [0.25, 0.3) is 5.91 Å². The van der Waals surface area contributed by atoms with Crippen LogP contribution in [0, 0.1) is 5.92 Å². The molecule has 0 bridgehead atoms. The van der Waals surface area contributed by atoms with E-state index in [0.717, 1.165) is 23.7 Å². The molecule has 0 aliphatic heterocycles. The normalized spacial score (nSPS) is 20.8. The Hall–Kier alpha value is -1.82. The molecule has 1 aliphatic carbocycles. The summed E-state index contributed by atoms with van der Waals surface area (Å²) in [4.78, 5) is 24.8. The van der Waals surface area contributed by atoms with Crippen LogP contribution in [0.3, 0.4) is 0 Å². The van der Waals surface area contributed by atoms with E-state index < -0.39 is 5.63 Å². The lowest BCUT2D eigenvalue weighted by Crippen LogP contribution is -2.42. The maximum Gasteiger partial charge on any atom is 0.349 e. The molecular formula is C18H20BrNO4. The van der Waals surface area contributed by atoms with Crippen molar-refractivity contribution in [2.75, 3.05) is 7.11 Å². The Balaban J connectivity index is 1.95. The Morgan fingerprint density at radius 3 is 2.75 bits per heavy atom. The Morgan fingerprint density at radius 2 is 2.04 bits per heavy atom. The number of halogens is 1. The zero-order chi connectivity index (χ0) is 17.3. The topological polar surface area (TPSA) is 68.5 Å². The highest BCUT2D eigenvalue weighted by Gasteiger charge is 2.25. The number of rotatable bonds is 3. The number of nitrogens with one attached hydrogen (secondary N) is 1. The van der Waals surface area contributed by atoms with Crippen molar-refractivity contribution in [3.63, 3.8) is 0 Å². The first-order valence-corrected chi connectivity index (χ1v) is 8.91. The van der Waals surface area contributed by atoms with Crippen LogP contribution < -0.4 is 15.7 Å². The summed E-state index contributed by atoms with van der Waals surface area (Å²) < 4.78 is 11.4. The standard InChI is InChI=1S/C18H20BrNO4/c1-10-5-3-4-6-14(10)20-17(21)13-8-11-7-12(19)9-15(23-2)16(11)24-18(13)22/h7-10,14H,3-6H2,1-2H3,(H,20,21). The van der Waals surface area contributed by atoms with Crippen LogP contribution in [-0.4, -0.2) is 19.1 Å². The van der Waals surface area contributed by atoms with Crippen molar-refractivity contribution in [1.82, 2.24) is 5.32 Å². The van der Waals surface area contributed by atoms with Crippen molar-refractivity contribution in [2.45, 2.75) is 38.6 Å². The van der Waals surface area contributed by atoms with Crippen molar-refractivity contribution in [3.8, 4) is 5.75 Å². The molecule has 1 N–H and O–H groups in total. The highest BCUT2D eigenvalue weighted by atomic mass is 79.9. The molecule has 2 unspecified atom stereocenters. The number of fused-ring (bicyclic) bond motifs is 1. The Kier molecular flexibility index (Phi) is 4.94. The first kappa shape index (κ1) is 17.0. The van der Waals surface area contributed by atoms with Crippen LogP contribution in [0.4, 0.5) is 0 Å². The zero-order valence-corrected chi connectivity index (χ0v) is 15.3. The van der Waals surface area contributed by atoms with E-state index in [2.05, 4.69) is 28.2 Å². The van der Waals surface area contributed by atoms with Gasteiger partial charge in [0.15, 0.2) is 11.3 Å². The summed E-state index contributed by atoms with van der Waals surface area (Å²) in [6.07, 6.45) is 4.35. The van der Waals surface area contributed by atoms with Crippen LogP contribution >= 0.6 is 15.9 Å². The molecule has 0 spiro atoms. The predicted octanol–water partition coefficient (Wildman–Crippen LogP) is 3.87. The van der Waals surface area contributed by atoms with Crippen molar-refractivity contribution in [2.24, 2.45) is 5.92 Å². The molecule has 5 nitrogen and oxygen atoms in total. The van der Waals surface area contributed by atoms with Crippen molar-refractivity contribution < 1.29 is 13.9 Å². The lowest BCUT2D eigenvalue weighted by atomic mass is 9.86. The molecule has 1 aromatic carbocycles. The van der Waals surface area contributed by atoms with Crippen LogP contribution in [-0.2, 0) is 0 Å². The fourth-order valence-corrected chi connectivity index (χ4v) is 3.71. The van der Waals surface area contributed by atoms with E-state index in [1.165, 1.54) is 13.5 Å². The molecule has 1 heterocycles. The summed E-state index contributed by atoms with van der Waals surface area (Å²) in [6.45, 7) is 2.13. The Morgan fingerprint density at radius 1 is 1.29 bits per heavy atom. The van der Waals surface area contributed by atoms with E-state index >= 15 is 0 Å². The summed E-state index contributed by atoms with van der Waals surface area (Å²) in [6, 6.07) is 5.19. The fraction of sp³-hybridized carbons (Fsp3) is 0.444. The average Bonchev–Trinajstić information content (AvgIpc) is 2.56. The highest BCUT2D eigenvalue weighted by Crippen LogP contribution is 2.30. The Labute approximate surface area is 148 Å². The van der Waals surface area contributed by atoms with E-state index in [4.69, 9.17) is 9.15 Å². The molecule has 128 valence electrons. The summed E-state index contributed by atoms with van der Waals surface area (Å²) >= 11 is 3.39. The molecular weight excluding hydrogens is 374 g/mol. The van der Waals surface area contributed by atoms with E-state index in [1.54, 1.807) is 18.2 Å². The van der Waals surface area contributed by atoms with Gasteiger partial charge in [-0.2, -0.15) is 0 Å². The Bertz CT molecular complexity index is 830. The van der Waals surface area contributed by atoms with Gasteiger partial charge in [-0.25, -0.2) is 4.79 Å². The zero-order valence-electron chi connectivity index (χ0n) is 13.7. The number of carbonyl (C=O) groups excluding carboxylic acids is 1. The lowest BCUT2D eigenvalue weighted by Gasteiger charge is -2.29. The molecule has 0 radical (unpaired) electrons. The molecule has 1 fully saturated rings. The van der Waals surface area contributed by atoms with Gasteiger partial charge in [-0.05, 0) is 37.0 Å². The molecule has 1 aromatic heterocycles. The highest BCUT2D eigenvalue weighted by molar-refractivity contribution is 9.10. The third-order valence-corrected chi connectivity index (χ3v) is 5.11. The predicted molar refractivity (Wildman–Crippen MR) is 95.6 cm³/mol. The van der Waals surface area contributed by atoms with Gasteiger partial charge in [0.1, 0.15) is 5.56 Å². The molecule has 3 rings (SSSR count). The second-order valence-electron chi connectivity index (χ2n) is 6.32. The van der Waals surface area contributed by atoms with Crippen LogP contribution in [0.25, 0.3) is 11.0 Å². The molecule has 2 aromatic rings. The molecule has 0 saturated heterocycles. The van der Waals surface area contributed by atoms with Gasteiger partial charge >= 0.3 is 5.63 Å². The first-order chi connectivity index (χ1) is 11.5. The molecule has 24 heavy (non-hydrogen) atoms. The van der Waals surface area contributed by atoms with Gasteiger partial charge < -0.3 is 14.5 Å². The maximum atomic E-state index is 12.5. The van der Waals surface area contributed by atoms with E-state index in [1.807, 2.05) is 0 Å². The summed E-state index contributed by atoms with van der Waals surface area (Å²) in [5.74, 6) is 0.497. The van der Waals surface area contributed by atoms with E-state index in [-0.39, 0.29) is 17.5 Å². The lowest BCUT2D eigenvalue weighted by molar-refractivity contribution is 0.0906. The third kappa shape index (κ3) is 3.34. The van der Waals surface area contributed by atoms with Crippen LogP contribution in [0.5, 0.6) is 5.75 Å². The van der Waals surface area contributed by atoms with Crippen LogP contribution in [0.2, 0.25) is 0 Å². The molecule has 1 aliphatic rings. The monoisotopic (exact) mass is 393 g/mol. The molecule has 1 saturated carbocycles. The second-order valence-corrected chi connectivity index (χ2v) is 7.23. The number of methoxy groups -OCH3 is 1. The van der Waals surface area contributed by atoms with Gasteiger partial charge in [-0.15, -0.1) is 0 Å². The summed E-state index contributed by atoms with van der Waals surface area (Å²) in [5, 5.41) is 3.63. The minimum Gasteiger partial charge on any atom is -0.493 e. The van der Waals surface area contributed by atoms with Gasteiger partial charge in [-0.3, -0.25) is 4.79 Å². The summed E-state index contributed by atoms with van der Waals surface area (Å²) in [7, 11) is 1.51. The van der Waals surface area contributed by atoms with E-state index in [0.29, 0.717) is 22.6 Å². The number of carbonyl (C=O) groups is 1. The maximum absolute atomic E-state index is 12.5. The number of ether oxygens (including phenoxy) is 1. The number of amides is 1. The van der Waals surface area contributed by atoms with Gasteiger partial charge in [0.05, 0.1) is 7.11 Å². The fourth-order valence-electron chi connectivity index (χ4n) is 3.25. The minimum absolute atomic E-state index is 0.0282. The number of hydrogen-bond donors (Lipinski definition) is 1. The smallest absolute Gasteiger partial charge is 0.349 e. The van der Waals surface area contributed by atoms with Crippen molar-refractivity contribution in [1.29, 1.82) is 0 Å². The third-order valence-electron chi connectivity index (χ3n) is 4.66. The first-order valence-electron chi connectivity index (χ1n) is 8.12. The van der Waals surface area contributed by atoms with Gasteiger partial charge in [-0.1, -0.05) is 35.7 Å².